The molecule has 2 heteroatoms. The van der Waals surface area contributed by atoms with Crippen LogP contribution in [0.25, 0.3) is 0 Å². The average Bonchev–Trinajstić information content (AvgIpc) is 1.96. The molecule has 0 fully saturated rings. The van der Waals surface area contributed by atoms with Crippen molar-refractivity contribution >= 4 is 5.97 Å². The first-order chi connectivity index (χ1) is 5.27. The van der Waals surface area contributed by atoms with Gasteiger partial charge in [-0.1, -0.05) is 37.6 Å². The summed E-state index contributed by atoms with van der Waals surface area (Å²) in [6.07, 6.45) is 9.60. The van der Waals surface area contributed by atoms with Crippen molar-refractivity contribution in [1.82, 2.24) is 0 Å². The summed E-state index contributed by atoms with van der Waals surface area (Å²) in [6.45, 7) is 2.10. The van der Waals surface area contributed by atoms with E-state index in [2.05, 4.69) is 6.92 Å². The lowest BCUT2D eigenvalue weighted by molar-refractivity contribution is -0.135. The fourth-order valence-corrected chi connectivity index (χ4v) is 0.589. The summed E-state index contributed by atoms with van der Waals surface area (Å²) in [5.74, 6) is -0.787. The van der Waals surface area contributed by atoms with E-state index >= 15 is 0 Å². The molecule has 0 atom stereocenters. The van der Waals surface area contributed by atoms with Crippen LogP contribution in [0.2, 0.25) is 0 Å². The van der Waals surface area contributed by atoms with Gasteiger partial charge in [0.15, 0.2) is 0 Å². The van der Waals surface area contributed by atoms with Gasteiger partial charge in [0.25, 0.3) is 0 Å². The van der Waals surface area contributed by atoms with Crippen molar-refractivity contribution in [3.05, 3.63) is 24.3 Å². The lowest BCUT2D eigenvalue weighted by Crippen LogP contribution is -1.89. The van der Waals surface area contributed by atoms with Gasteiger partial charge in [0.2, 0.25) is 0 Å². The molecule has 0 aliphatic heterocycles. The molecule has 0 spiro atoms. The van der Waals surface area contributed by atoms with E-state index < -0.39 is 5.97 Å². The zero-order valence-electron chi connectivity index (χ0n) is 6.79. The van der Waals surface area contributed by atoms with Gasteiger partial charge in [-0.05, 0) is 6.42 Å². The number of allylic oxidation sites excluding steroid dienone is 3. The number of carboxylic acids is 1. The number of hydrogen-bond acceptors (Lipinski definition) is 1. The highest BCUT2D eigenvalue weighted by atomic mass is 16.4. The minimum Gasteiger partial charge on any atom is -0.481 e. The highest BCUT2D eigenvalue weighted by Gasteiger charge is 1.86. The number of carboxylic acid groups (broad SMARTS) is 1. The van der Waals surface area contributed by atoms with Crippen molar-refractivity contribution in [2.24, 2.45) is 0 Å². The van der Waals surface area contributed by atoms with Crippen molar-refractivity contribution in [3.8, 4) is 0 Å². The molecule has 2 nitrogen and oxygen atoms in total. The van der Waals surface area contributed by atoms with Crippen LogP contribution in [-0.2, 0) is 4.79 Å². The van der Waals surface area contributed by atoms with E-state index in [0.29, 0.717) is 0 Å². The number of unbranched alkanes of at least 4 members (excludes halogenated alkanes) is 1. The van der Waals surface area contributed by atoms with Crippen LogP contribution in [0.15, 0.2) is 24.3 Å². The molecule has 0 aliphatic carbocycles. The summed E-state index contributed by atoms with van der Waals surface area (Å²) < 4.78 is 0. The van der Waals surface area contributed by atoms with E-state index in [1.54, 1.807) is 12.2 Å². The Morgan fingerprint density at radius 3 is 2.55 bits per heavy atom. The summed E-state index contributed by atoms with van der Waals surface area (Å²) in [6, 6.07) is 0. The summed E-state index contributed by atoms with van der Waals surface area (Å²) in [4.78, 5) is 10.0. The standard InChI is InChI=1S/C9H14O2/c1-2-3-4-5-6-7-8-9(10)11/h4-7H,2-3,8H2,1H3,(H,10,11). The van der Waals surface area contributed by atoms with Gasteiger partial charge in [0, 0.05) is 0 Å². The number of hydrogen-bond donors (Lipinski definition) is 1. The van der Waals surface area contributed by atoms with Crippen molar-refractivity contribution in [1.29, 1.82) is 0 Å². The molecule has 0 saturated heterocycles. The Hall–Kier alpha value is -1.05. The maximum Gasteiger partial charge on any atom is 0.307 e. The molecule has 62 valence electrons. The minimum absolute atomic E-state index is 0.108. The van der Waals surface area contributed by atoms with Crippen LogP contribution in [0, 0.1) is 0 Å². The van der Waals surface area contributed by atoms with Crippen LogP contribution in [0.1, 0.15) is 26.2 Å². The second kappa shape index (κ2) is 7.06. The molecule has 0 bridgehead atoms. The van der Waals surface area contributed by atoms with Gasteiger partial charge in [-0.3, -0.25) is 4.79 Å². The van der Waals surface area contributed by atoms with E-state index in [-0.39, 0.29) is 6.42 Å². The molecule has 0 aromatic heterocycles. The van der Waals surface area contributed by atoms with Gasteiger partial charge in [-0.25, -0.2) is 0 Å². The highest BCUT2D eigenvalue weighted by molar-refractivity contribution is 5.68. The number of rotatable bonds is 5. The van der Waals surface area contributed by atoms with E-state index in [1.165, 1.54) is 0 Å². The molecule has 0 amide bonds. The van der Waals surface area contributed by atoms with Gasteiger partial charge in [0.05, 0.1) is 6.42 Å². The second-order valence-corrected chi connectivity index (χ2v) is 2.24. The molecule has 11 heavy (non-hydrogen) atoms. The molecule has 1 N–H and O–H groups in total. The molecule has 0 aliphatic rings. The Morgan fingerprint density at radius 2 is 2.00 bits per heavy atom. The monoisotopic (exact) mass is 154 g/mol. The fourth-order valence-electron chi connectivity index (χ4n) is 0.589. The van der Waals surface area contributed by atoms with Gasteiger partial charge < -0.3 is 5.11 Å². The lowest BCUT2D eigenvalue weighted by Gasteiger charge is -1.81. The maximum absolute atomic E-state index is 10.0. The molecular weight excluding hydrogens is 140 g/mol. The van der Waals surface area contributed by atoms with Crippen LogP contribution in [0.5, 0.6) is 0 Å². The third-order valence-electron chi connectivity index (χ3n) is 1.13. The molecule has 0 radical (unpaired) electrons. The molecular formula is C9H14O2. The summed E-state index contributed by atoms with van der Waals surface area (Å²) in [5.41, 5.74) is 0. The van der Waals surface area contributed by atoms with E-state index in [9.17, 15) is 4.79 Å². The van der Waals surface area contributed by atoms with E-state index in [4.69, 9.17) is 5.11 Å². The van der Waals surface area contributed by atoms with Gasteiger partial charge in [-0.2, -0.15) is 0 Å². The Balaban J connectivity index is 3.36. The van der Waals surface area contributed by atoms with Crippen LogP contribution >= 0.6 is 0 Å². The molecule has 0 unspecified atom stereocenters. The van der Waals surface area contributed by atoms with Crippen LogP contribution in [0.3, 0.4) is 0 Å². The maximum atomic E-state index is 10.0. The van der Waals surface area contributed by atoms with Crippen molar-refractivity contribution in [2.75, 3.05) is 0 Å². The predicted molar refractivity (Wildman–Crippen MR) is 45.4 cm³/mol. The lowest BCUT2D eigenvalue weighted by atomic mass is 10.3. The van der Waals surface area contributed by atoms with Crippen LogP contribution < -0.4 is 0 Å². The fraction of sp³-hybridized carbons (Fsp3) is 0.444. The van der Waals surface area contributed by atoms with Crippen molar-refractivity contribution in [3.63, 3.8) is 0 Å². The van der Waals surface area contributed by atoms with E-state index in [1.807, 2.05) is 12.2 Å². The first kappa shape index (κ1) is 9.95. The van der Waals surface area contributed by atoms with Crippen LogP contribution in [0.4, 0.5) is 0 Å². The minimum atomic E-state index is -0.787. The molecule has 0 heterocycles. The Bertz CT molecular complexity index is 157. The van der Waals surface area contributed by atoms with Gasteiger partial charge >= 0.3 is 5.97 Å². The first-order valence-corrected chi connectivity index (χ1v) is 3.80. The Labute approximate surface area is 67.2 Å². The van der Waals surface area contributed by atoms with Gasteiger partial charge in [-0.15, -0.1) is 0 Å². The summed E-state index contributed by atoms with van der Waals surface area (Å²) in [7, 11) is 0. The normalized spacial score (nSPS) is 11.4. The third-order valence-corrected chi connectivity index (χ3v) is 1.13. The zero-order chi connectivity index (χ0) is 8.53. The van der Waals surface area contributed by atoms with Crippen molar-refractivity contribution in [2.45, 2.75) is 26.2 Å². The van der Waals surface area contributed by atoms with Crippen LogP contribution in [-0.4, -0.2) is 11.1 Å². The predicted octanol–water partition coefficient (Wildman–Crippen LogP) is 2.37. The SMILES string of the molecule is CCCC=CC=CCC(=O)O. The average molecular weight is 154 g/mol. The van der Waals surface area contributed by atoms with E-state index in [0.717, 1.165) is 12.8 Å². The first-order valence-electron chi connectivity index (χ1n) is 3.80. The second-order valence-electron chi connectivity index (χ2n) is 2.24. The third kappa shape index (κ3) is 8.95. The zero-order valence-corrected chi connectivity index (χ0v) is 6.79. The summed E-state index contributed by atoms with van der Waals surface area (Å²) >= 11 is 0. The smallest absolute Gasteiger partial charge is 0.307 e. The number of carbonyl (C=O) groups is 1. The molecule has 0 saturated carbocycles. The molecule has 0 rings (SSSR count). The quantitative estimate of drug-likeness (QED) is 0.617. The Morgan fingerprint density at radius 1 is 1.36 bits per heavy atom. The highest BCUT2D eigenvalue weighted by Crippen LogP contribution is 1.89. The summed E-state index contributed by atoms with van der Waals surface area (Å²) in [5, 5.41) is 8.24. The molecule has 0 aromatic rings. The largest absolute Gasteiger partial charge is 0.481 e. The molecule has 0 aromatic carbocycles. The van der Waals surface area contributed by atoms with Crippen molar-refractivity contribution < 1.29 is 9.90 Å². The van der Waals surface area contributed by atoms with Gasteiger partial charge in [0.1, 0.15) is 0 Å². The topological polar surface area (TPSA) is 37.3 Å². The number of aliphatic carboxylic acids is 1. The Kier molecular flexibility index (Phi) is 6.39.